The number of sulfonamides is 1. The zero-order chi connectivity index (χ0) is 12.6. The van der Waals surface area contributed by atoms with E-state index in [4.69, 9.17) is 5.14 Å². The number of para-hydroxylation sites is 1. The molecule has 2 N–H and O–H groups in total. The van der Waals surface area contributed by atoms with Gasteiger partial charge in [-0.05, 0) is 6.07 Å². The molecule has 1 heterocycles. The first-order valence-electron chi connectivity index (χ1n) is 4.46. The zero-order valence-corrected chi connectivity index (χ0v) is 9.22. The van der Waals surface area contributed by atoms with Gasteiger partial charge in [0, 0.05) is 11.5 Å². The minimum absolute atomic E-state index is 0.335. The number of rotatable bonds is 2. The summed E-state index contributed by atoms with van der Waals surface area (Å²) >= 11 is 0. The van der Waals surface area contributed by atoms with E-state index in [1.807, 2.05) is 0 Å². The number of nitro groups is 1. The fourth-order valence-corrected chi connectivity index (χ4v) is 2.08. The molecule has 7 nitrogen and oxygen atoms in total. The third kappa shape index (κ3) is 2.08. The summed E-state index contributed by atoms with van der Waals surface area (Å²) in [5.74, 6) is 0. The average molecular weight is 253 g/mol. The summed E-state index contributed by atoms with van der Waals surface area (Å²) in [6.45, 7) is 0. The van der Waals surface area contributed by atoms with Gasteiger partial charge in [0.05, 0.1) is 10.4 Å². The number of pyridine rings is 1. The van der Waals surface area contributed by atoms with Gasteiger partial charge in [0.2, 0.25) is 5.03 Å². The molecule has 2 aromatic rings. The first-order valence-corrected chi connectivity index (χ1v) is 6.01. The number of primary sulfonamides is 1. The second-order valence-electron chi connectivity index (χ2n) is 3.31. The van der Waals surface area contributed by atoms with Gasteiger partial charge in [0.25, 0.3) is 10.0 Å². The van der Waals surface area contributed by atoms with Crippen LogP contribution in [0.4, 0.5) is 5.69 Å². The summed E-state index contributed by atoms with van der Waals surface area (Å²) in [5, 5.41) is 15.4. The zero-order valence-electron chi connectivity index (χ0n) is 8.40. The van der Waals surface area contributed by atoms with Gasteiger partial charge in [-0.1, -0.05) is 18.2 Å². The Bertz CT molecular complexity index is 711. The highest BCUT2D eigenvalue weighted by Crippen LogP contribution is 2.25. The molecule has 1 aromatic heterocycles. The lowest BCUT2D eigenvalue weighted by atomic mass is 10.2. The van der Waals surface area contributed by atoms with Gasteiger partial charge in [-0.15, -0.1) is 0 Å². The molecule has 0 spiro atoms. The molecule has 0 aliphatic heterocycles. The number of fused-ring (bicyclic) bond motifs is 1. The molecule has 0 atom stereocenters. The van der Waals surface area contributed by atoms with Crippen LogP contribution in [-0.4, -0.2) is 18.3 Å². The van der Waals surface area contributed by atoms with Crippen LogP contribution in [-0.2, 0) is 10.0 Å². The van der Waals surface area contributed by atoms with Gasteiger partial charge in [-0.2, -0.15) is 0 Å². The summed E-state index contributed by atoms with van der Waals surface area (Å²) in [5.41, 5.74) is -0.284. The Morgan fingerprint density at radius 2 is 1.94 bits per heavy atom. The lowest BCUT2D eigenvalue weighted by molar-refractivity contribution is -0.388. The third-order valence-corrected chi connectivity index (χ3v) is 2.98. The van der Waals surface area contributed by atoms with E-state index in [1.165, 1.54) is 0 Å². The van der Waals surface area contributed by atoms with Crippen LogP contribution in [0.1, 0.15) is 0 Å². The monoisotopic (exact) mass is 253 g/mol. The quantitative estimate of drug-likeness (QED) is 0.627. The highest BCUT2D eigenvalue weighted by atomic mass is 32.2. The van der Waals surface area contributed by atoms with Crippen molar-refractivity contribution in [3.63, 3.8) is 0 Å². The van der Waals surface area contributed by atoms with Crippen molar-refractivity contribution in [1.82, 2.24) is 4.98 Å². The van der Waals surface area contributed by atoms with E-state index in [-0.39, 0.29) is 0 Å². The summed E-state index contributed by atoms with van der Waals surface area (Å²) < 4.78 is 22.4. The maximum Gasteiger partial charge on any atom is 0.308 e. The lowest BCUT2D eigenvalue weighted by Crippen LogP contribution is -2.16. The topological polar surface area (TPSA) is 116 Å². The van der Waals surface area contributed by atoms with Crippen molar-refractivity contribution in [3.8, 4) is 0 Å². The molecule has 0 amide bonds. The number of aromatic nitrogens is 1. The average Bonchev–Trinajstić information content (AvgIpc) is 2.26. The minimum atomic E-state index is -4.22. The molecule has 88 valence electrons. The molecule has 0 fully saturated rings. The molecule has 0 saturated carbocycles. The summed E-state index contributed by atoms with van der Waals surface area (Å²) in [7, 11) is -4.22. The normalized spacial score (nSPS) is 11.6. The van der Waals surface area contributed by atoms with E-state index in [1.54, 1.807) is 24.3 Å². The Kier molecular flexibility index (Phi) is 2.52. The summed E-state index contributed by atoms with van der Waals surface area (Å²) in [6.07, 6.45) is 0. The largest absolute Gasteiger partial charge is 0.308 e. The maximum atomic E-state index is 11.2. The Morgan fingerprint density at radius 1 is 1.29 bits per heavy atom. The third-order valence-electron chi connectivity index (χ3n) is 2.14. The SMILES string of the molecule is NS(=O)(=O)c1nc2ccccc2cc1[N+](=O)[O-]. The molecule has 0 unspecified atom stereocenters. The molecule has 8 heteroatoms. The standard InChI is InChI=1S/C9H7N3O4S/c10-17(15,16)9-8(12(13)14)5-6-3-1-2-4-7(6)11-9/h1-5H,(H2,10,15,16). The van der Waals surface area contributed by atoms with E-state index in [0.717, 1.165) is 6.07 Å². The predicted octanol–water partition coefficient (Wildman–Crippen LogP) is 0.790. The van der Waals surface area contributed by atoms with Gasteiger partial charge in [0.1, 0.15) is 0 Å². The minimum Gasteiger partial charge on any atom is -0.258 e. The second kappa shape index (κ2) is 3.75. The maximum absolute atomic E-state index is 11.2. The van der Waals surface area contributed by atoms with Gasteiger partial charge >= 0.3 is 5.69 Å². The van der Waals surface area contributed by atoms with Crippen molar-refractivity contribution < 1.29 is 13.3 Å². The predicted molar refractivity (Wildman–Crippen MR) is 59.8 cm³/mol. The van der Waals surface area contributed by atoms with Crippen molar-refractivity contribution in [3.05, 3.63) is 40.4 Å². The molecule has 0 radical (unpaired) electrons. The van der Waals surface area contributed by atoms with Crippen LogP contribution >= 0.6 is 0 Å². The number of benzene rings is 1. The Morgan fingerprint density at radius 3 is 2.53 bits per heavy atom. The summed E-state index contributed by atoms with van der Waals surface area (Å²) in [6, 6.07) is 7.61. The molecule has 1 aromatic carbocycles. The van der Waals surface area contributed by atoms with E-state index < -0.39 is 25.7 Å². The molecule has 0 bridgehead atoms. The van der Waals surface area contributed by atoms with Crippen LogP contribution in [0.5, 0.6) is 0 Å². The van der Waals surface area contributed by atoms with Gasteiger partial charge < -0.3 is 0 Å². The van der Waals surface area contributed by atoms with Crippen LogP contribution in [0.25, 0.3) is 10.9 Å². The van der Waals surface area contributed by atoms with Crippen LogP contribution < -0.4 is 5.14 Å². The number of nitrogens with two attached hydrogens (primary N) is 1. The molecule has 0 aliphatic rings. The molecule has 0 saturated heterocycles. The van der Waals surface area contributed by atoms with Crippen molar-refractivity contribution in [2.24, 2.45) is 5.14 Å². The lowest BCUT2D eigenvalue weighted by Gasteiger charge is -2.02. The first-order chi connectivity index (χ1) is 7.89. The van der Waals surface area contributed by atoms with E-state index in [2.05, 4.69) is 4.98 Å². The Labute approximate surface area is 96.1 Å². The van der Waals surface area contributed by atoms with E-state index in [0.29, 0.717) is 10.9 Å². The van der Waals surface area contributed by atoms with E-state index in [9.17, 15) is 18.5 Å². The molecule has 0 aliphatic carbocycles. The van der Waals surface area contributed by atoms with Gasteiger partial charge in [0.15, 0.2) is 0 Å². The fraction of sp³-hybridized carbons (Fsp3) is 0. The number of hydrogen-bond acceptors (Lipinski definition) is 5. The van der Waals surface area contributed by atoms with Crippen LogP contribution in [0, 0.1) is 10.1 Å². The highest BCUT2D eigenvalue weighted by Gasteiger charge is 2.25. The molecule has 17 heavy (non-hydrogen) atoms. The van der Waals surface area contributed by atoms with E-state index >= 15 is 0 Å². The molecular weight excluding hydrogens is 246 g/mol. The molecule has 2 rings (SSSR count). The van der Waals surface area contributed by atoms with Crippen LogP contribution in [0.2, 0.25) is 0 Å². The first kappa shape index (κ1) is 11.4. The van der Waals surface area contributed by atoms with Crippen molar-refractivity contribution in [2.45, 2.75) is 5.03 Å². The summed E-state index contributed by atoms with van der Waals surface area (Å²) in [4.78, 5) is 13.7. The van der Waals surface area contributed by atoms with Gasteiger partial charge in [-0.3, -0.25) is 10.1 Å². The Balaban J connectivity index is 2.90. The molecular formula is C9H7N3O4S. The van der Waals surface area contributed by atoms with Crippen molar-refractivity contribution in [1.29, 1.82) is 0 Å². The highest BCUT2D eigenvalue weighted by molar-refractivity contribution is 7.89. The van der Waals surface area contributed by atoms with Crippen LogP contribution in [0.3, 0.4) is 0 Å². The van der Waals surface area contributed by atoms with Crippen molar-refractivity contribution in [2.75, 3.05) is 0 Å². The Hall–Kier alpha value is -2.06. The van der Waals surface area contributed by atoms with Crippen LogP contribution in [0.15, 0.2) is 35.4 Å². The van der Waals surface area contributed by atoms with Gasteiger partial charge in [-0.25, -0.2) is 18.5 Å². The second-order valence-corrected chi connectivity index (χ2v) is 4.78. The van der Waals surface area contributed by atoms with Crippen molar-refractivity contribution >= 4 is 26.6 Å². The smallest absolute Gasteiger partial charge is 0.258 e. The number of nitrogens with zero attached hydrogens (tertiary/aromatic N) is 2. The fourth-order valence-electron chi connectivity index (χ4n) is 1.43. The number of hydrogen-bond donors (Lipinski definition) is 1.